The molecular weight excluding hydrogens is 363 g/mol. The van der Waals surface area contributed by atoms with Gasteiger partial charge in [0.15, 0.2) is 5.78 Å². The van der Waals surface area contributed by atoms with Crippen molar-refractivity contribution in [2.24, 2.45) is 0 Å². The van der Waals surface area contributed by atoms with E-state index >= 15 is 0 Å². The van der Waals surface area contributed by atoms with Crippen LogP contribution in [0.2, 0.25) is 5.02 Å². The van der Waals surface area contributed by atoms with Crippen molar-refractivity contribution < 1.29 is 23.5 Å². The van der Waals surface area contributed by atoms with Crippen LogP contribution in [-0.2, 0) is 20.9 Å². The summed E-state index contributed by atoms with van der Waals surface area (Å²) < 4.78 is 17.7. The number of nitrogens with one attached hydrogen (secondary N) is 1. The van der Waals surface area contributed by atoms with Gasteiger partial charge in [0.05, 0.1) is 6.04 Å². The number of ketones is 1. The van der Waals surface area contributed by atoms with Crippen LogP contribution in [0.15, 0.2) is 24.3 Å². The summed E-state index contributed by atoms with van der Waals surface area (Å²) in [5.74, 6) is -1.18. The number of nitrogens with zero attached hydrogens (tertiary/aromatic N) is 1. The first-order valence-corrected chi connectivity index (χ1v) is 8.87. The number of hydrogen-bond donors (Lipinski definition) is 1. The summed E-state index contributed by atoms with van der Waals surface area (Å²) in [6.07, 6.45) is 1.40. The molecule has 0 saturated carbocycles. The van der Waals surface area contributed by atoms with Gasteiger partial charge in [0, 0.05) is 11.6 Å². The van der Waals surface area contributed by atoms with E-state index in [-0.39, 0.29) is 6.61 Å². The topological polar surface area (TPSA) is 75.7 Å². The molecule has 8 heteroatoms. The number of carbonyl (C=O) groups is 3. The van der Waals surface area contributed by atoms with Gasteiger partial charge in [-0.05, 0) is 43.9 Å². The van der Waals surface area contributed by atoms with E-state index in [1.165, 1.54) is 11.8 Å². The van der Waals surface area contributed by atoms with Gasteiger partial charge in [0.1, 0.15) is 19.3 Å². The normalized spacial score (nSPS) is 18.1. The molecule has 1 fully saturated rings. The zero-order valence-corrected chi connectivity index (χ0v) is 15.3. The summed E-state index contributed by atoms with van der Waals surface area (Å²) >= 11 is 5.90. The first-order chi connectivity index (χ1) is 12.4. The maximum Gasteiger partial charge on any atom is 0.410 e. The second-order valence-corrected chi connectivity index (χ2v) is 6.66. The zero-order chi connectivity index (χ0) is 19.1. The molecule has 0 bridgehead atoms. The van der Waals surface area contributed by atoms with Crippen LogP contribution < -0.4 is 5.32 Å². The second-order valence-electron chi connectivity index (χ2n) is 6.22. The van der Waals surface area contributed by atoms with Gasteiger partial charge in [0.25, 0.3) is 0 Å². The Bertz CT molecular complexity index is 670. The molecule has 2 rings (SSSR count). The van der Waals surface area contributed by atoms with E-state index in [0.717, 1.165) is 18.4 Å². The molecule has 1 aromatic carbocycles. The van der Waals surface area contributed by atoms with E-state index in [2.05, 4.69) is 5.32 Å². The Hall–Kier alpha value is -2.15. The quantitative estimate of drug-likeness (QED) is 0.818. The Morgan fingerprint density at radius 1 is 1.38 bits per heavy atom. The molecule has 0 spiro atoms. The predicted molar refractivity (Wildman–Crippen MR) is 94.6 cm³/mol. The molecule has 1 saturated heterocycles. The summed E-state index contributed by atoms with van der Waals surface area (Å²) in [6.45, 7) is 0.709. The fraction of sp³-hybridized carbons (Fsp3) is 0.500. The lowest BCUT2D eigenvalue weighted by molar-refractivity contribution is -0.131. The van der Waals surface area contributed by atoms with Crippen molar-refractivity contribution in [1.29, 1.82) is 0 Å². The summed E-state index contributed by atoms with van der Waals surface area (Å²) in [4.78, 5) is 37.5. The number of benzene rings is 1. The van der Waals surface area contributed by atoms with Gasteiger partial charge < -0.3 is 10.1 Å². The van der Waals surface area contributed by atoms with Gasteiger partial charge in [-0.2, -0.15) is 0 Å². The molecule has 6 nitrogen and oxygen atoms in total. The maximum absolute atomic E-state index is 12.4. The molecule has 142 valence electrons. The number of amides is 2. The van der Waals surface area contributed by atoms with Crippen LogP contribution in [-0.4, -0.2) is 48.0 Å². The number of piperidine rings is 1. The molecule has 1 heterocycles. The van der Waals surface area contributed by atoms with Gasteiger partial charge >= 0.3 is 6.09 Å². The number of hydrogen-bond acceptors (Lipinski definition) is 4. The van der Waals surface area contributed by atoms with Crippen LogP contribution in [0.1, 0.15) is 31.7 Å². The fourth-order valence-electron chi connectivity index (χ4n) is 2.78. The van der Waals surface area contributed by atoms with Crippen LogP contribution in [0.25, 0.3) is 0 Å². The number of rotatable bonds is 6. The summed E-state index contributed by atoms with van der Waals surface area (Å²) in [5.41, 5.74) is 0.742. The van der Waals surface area contributed by atoms with E-state index in [1.54, 1.807) is 24.3 Å². The summed E-state index contributed by atoms with van der Waals surface area (Å²) in [5, 5.41) is 3.01. The lowest BCUT2D eigenvalue weighted by atomic mass is 10.0. The number of halogens is 2. The predicted octanol–water partition coefficient (Wildman–Crippen LogP) is 2.87. The molecule has 0 aliphatic carbocycles. The molecule has 0 aromatic heterocycles. The average molecular weight is 385 g/mol. The average Bonchev–Trinajstić information content (AvgIpc) is 2.65. The Morgan fingerprint density at radius 3 is 2.85 bits per heavy atom. The van der Waals surface area contributed by atoms with E-state index in [9.17, 15) is 18.8 Å². The monoisotopic (exact) mass is 384 g/mol. The minimum absolute atomic E-state index is 0.0426. The smallest absolute Gasteiger partial charge is 0.410 e. The Balaban J connectivity index is 1.97. The number of Topliss-reactive ketones (excluding diaryl/α,β-unsaturated/α-hetero) is 1. The molecular formula is C18H22ClFN2O4. The lowest BCUT2D eigenvalue weighted by Gasteiger charge is -2.34. The molecule has 1 aliphatic heterocycles. The van der Waals surface area contributed by atoms with E-state index < -0.39 is 36.5 Å². The van der Waals surface area contributed by atoms with Crippen LogP contribution >= 0.6 is 11.6 Å². The zero-order valence-electron chi connectivity index (χ0n) is 14.5. The van der Waals surface area contributed by atoms with Gasteiger partial charge in [-0.25, -0.2) is 9.18 Å². The number of ether oxygens (including phenoxy) is 1. The van der Waals surface area contributed by atoms with Crippen molar-refractivity contribution in [2.45, 2.75) is 44.9 Å². The standard InChI is InChI=1S/C18H22ClFN2O4/c1-12(16(23)10-20)21-17(24)15-7-2-3-8-22(15)18(25)26-11-13-5-4-6-14(19)9-13/h4-6,9,12,15H,2-3,7-8,10-11H2,1H3,(H,21,24). The van der Waals surface area contributed by atoms with Crippen molar-refractivity contribution >= 4 is 29.4 Å². The first-order valence-electron chi connectivity index (χ1n) is 8.49. The molecule has 26 heavy (non-hydrogen) atoms. The lowest BCUT2D eigenvalue weighted by Crippen LogP contribution is -2.54. The van der Waals surface area contributed by atoms with Crippen LogP contribution in [0, 0.1) is 0 Å². The van der Waals surface area contributed by atoms with Gasteiger partial charge in [0.2, 0.25) is 5.91 Å². The van der Waals surface area contributed by atoms with Gasteiger partial charge in [-0.15, -0.1) is 0 Å². The third kappa shape index (κ3) is 5.42. The fourth-order valence-corrected chi connectivity index (χ4v) is 3.00. The van der Waals surface area contributed by atoms with E-state index in [1.807, 2.05) is 0 Å². The van der Waals surface area contributed by atoms with Crippen LogP contribution in [0.5, 0.6) is 0 Å². The second kappa shape index (κ2) is 9.52. The molecule has 0 radical (unpaired) electrons. The van der Waals surface area contributed by atoms with Crippen molar-refractivity contribution in [1.82, 2.24) is 10.2 Å². The molecule has 2 unspecified atom stereocenters. The van der Waals surface area contributed by atoms with E-state index in [0.29, 0.717) is 18.0 Å². The van der Waals surface area contributed by atoms with Crippen LogP contribution in [0.3, 0.4) is 0 Å². The highest BCUT2D eigenvalue weighted by atomic mass is 35.5. The minimum atomic E-state index is -1.14. The molecule has 2 atom stereocenters. The first kappa shape index (κ1) is 20.2. The maximum atomic E-state index is 12.4. The highest BCUT2D eigenvalue weighted by Gasteiger charge is 2.34. The van der Waals surface area contributed by atoms with Gasteiger partial charge in [-0.3, -0.25) is 14.5 Å². The van der Waals surface area contributed by atoms with Crippen LogP contribution in [0.4, 0.5) is 9.18 Å². The SMILES string of the molecule is CC(NC(=O)C1CCCCN1C(=O)OCc1cccc(Cl)c1)C(=O)CF. The van der Waals surface area contributed by atoms with Crippen molar-refractivity contribution in [2.75, 3.05) is 13.2 Å². The Labute approximate surface area is 156 Å². The molecule has 2 amide bonds. The number of likely N-dealkylation sites (tertiary alicyclic amines) is 1. The highest BCUT2D eigenvalue weighted by Crippen LogP contribution is 2.19. The van der Waals surface area contributed by atoms with Crippen molar-refractivity contribution in [3.63, 3.8) is 0 Å². The third-order valence-corrected chi connectivity index (χ3v) is 4.50. The third-order valence-electron chi connectivity index (χ3n) is 4.26. The van der Waals surface area contributed by atoms with Crippen molar-refractivity contribution in [3.05, 3.63) is 34.9 Å². The molecule has 1 aliphatic rings. The van der Waals surface area contributed by atoms with E-state index in [4.69, 9.17) is 16.3 Å². The molecule has 1 aromatic rings. The highest BCUT2D eigenvalue weighted by molar-refractivity contribution is 6.30. The minimum Gasteiger partial charge on any atom is -0.445 e. The largest absolute Gasteiger partial charge is 0.445 e. The summed E-state index contributed by atoms with van der Waals surface area (Å²) in [7, 11) is 0. The number of alkyl halides is 1. The van der Waals surface area contributed by atoms with Crippen molar-refractivity contribution in [3.8, 4) is 0 Å². The van der Waals surface area contributed by atoms with Gasteiger partial charge in [-0.1, -0.05) is 23.7 Å². The summed E-state index contributed by atoms with van der Waals surface area (Å²) in [6, 6.07) is 5.29. The number of carbonyl (C=O) groups excluding carboxylic acids is 3. The molecule has 1 N–H and O–H groups in total. The Kier molecular flexibility index (Phi) is 7.38. The Morgan fingerprint density at radius 2 is 2.15 bits per heavy atom.